The van der Waals surface area contributed by atoms with Gasteiger partial charge in [-0.2, -0.15) is 0 Å². The van der Waals surface area contributed by atoms with Crippen molar-refractivity contribution < 1.29 is 22.0 Å². The van der Waals surface area contributed by atoms with Crippen molar-refractivity contribution in [1.82, 2.24) is 9.55 Å². The van der Waals surface area contributed by atoms with Crippen LogP contribution in [0.15, 0.2) is 73.1 Å². The molecule has 1 heterocycles. The molecule has 29 heavy (non-hydrogen) atoms. The molecule has 0 fully saturated rings. The SMILES string of the molecule is Fc1c(F)c(F)c(-n2ccnc2P(c2ccccc2)c2ccccc2)c(F)c1F. The van der Waals surface area contributed by atoms with Gasteiger partial charge in [-0.15, -0.1) is 0 Å². The molecule has 146 valence electrons. The second kappa shape index (κ2) is 7.76. The van der Waals surface area contributed by atoms with Crippen LogP contribution in [0.5, 0.6) is 0 Å². The molecule has 4 aromatic rings. The lowest BCUT2D eigenvalue weighted by Gasteiger charge is -2.20. The minimum Gasteiger partial charge on any atom is -0.294 e. The Balaban J connectivity index is 1.98. The number of hydrogen-bond donors (Lipinski definition) is 0. The molecule has 0 atom stereocenters. The molecule has 0 spiro atoms. The summed E-state index contributed by atoms with van der Waals surface area (Å²) in [5.74, 6) is -10.0. The predicted octanol–water partition coefficient (Wildman–Crippen LogP) is 4.33. The number of halogens is 5. The van der Waals surface area contributed by atoms with Crippen molar-refractivity contribution in [1.29, 1.82) is 0 Å². The highest BCUT2D eigenvalue weighted by Crippen LogP contribution is 2.34. The highest BCUT2D eigenvalue weighted by atomic mass is 31.1. The summed E-state index contributed by atoms with van der Waals surface area (Å²) in [4.78, 5) is 4.23. The third-order valence-corrected chi connectivity index (χ3v) is 6.64. The van der Waals surface area contributed by atoms with Gasteiger partial charge in [0.2, 0.25) is 5.82 Å². The van der Waals surface area contributed by atoms with Gasteiger partial charge in [-0.3, -0.25) is 4.57 Å². The van der Waals surface area contributed by atoms with E-state index in [1.54, 1.807) is 24.3 Å². The fourth-order valence-electron chi connectivity index (χ4n) is 2.97. The molecule has 3 aromatic carbocycles. The average Bonchev–Trinajstić information content (AvgIpc) is 3.21. The van der Waals surface area contributed by atoms with Crippen LogP contribution in [0, 0.1) is 29.1 Å². The molecule has 0 aliphatic carbocycles. The smallest absolute Gasteiger partial charge is 0.200 e. The van der Waals surface area contributed by atoms with Crippen molar-refractivity contribution in [2.45, 2.75) is 0 Å². The van der Waals surface area contributed by atoms with E-state index in [0.29, 0.717) is 0 Å². The van der Waals surface area contributed by atoms with E-state index in [0.717, 1.165) is 15.2 Å². The summed E-state index contributed by atoms with van der Waals surface area (Å²) in [5.41, 5.74) is -0.867. The van der Waals surface area contributed by atoms with Crippen molar-refractivity contribution in [3.8, 4) is 5.69 Å². The van der Waals surface area contributed by atoms with Gasteiger partial charge >= 0.3 is 0 Å². The zero-order valence-electron chi connectivity index (χ0n) is 14.7. The molecule has 0 radical (unpaired) electrons. The maximum atomic E-state index is 14.5. The number of rotatable bonds is 4. The molecule has 0 amide bonds. The van der Waals surface area contributed by atoms with E-state index in [1.165, 1.54) is 12.4 Å². The van der Waals surface area contributed by atoms with Gasteiger partial charge in [0.15, 0.2) is 23.3 Å². The topological polar surface area (TPSA) is 17.8 Å². The van der Waals surface area contributed by atoms with Crippen LogP contribution in [0.25, 0.3) is 5.69 Å². The lowest BCUT2D eigenvalue weighted by Crippen LogP contribution is -2.28. The predicted molar refractivity (Wildman–Crippen MR) is 102 cm³/mol. The number of nitrogens with zero attached hydrogens (tertiary/aromatic N) is 2. The number of imidazole rings is 1. The van der Waals surface area contributed by atoms with E-state index >= 15 is 0 Å². The van der Waals surface area contributed by atoms with Crippen molar-refractivity contribution in [3.63, 3.8) is 0 Å². The Kier molecular flexibility index (Phi) is 5.16. The summed E-state index contributed by atoms with van der Waals surface area (Å²) in [6.45, 7) is 0. The first-order valence-electron chi connectivity index (χ1n) is 8.46. The number of aromatic nitrogens is 2. The third-order valence-electron chi connectivity index (χ3n) is 4.28. The van der Waals surface area contributed by atoms with E-state index in [-0.39, 0.29) is 5.57 Å². The second-order valence-electron chi connectivity index (χ2n) is 6.02. The van der Waals surface area contributed by atoms with E-state index < -0.39 is 42.7 Å². The van der Waals surface area contributed by atoms with E-state index in [4.69, 9.17) is 0 Å². The first-order chi connectivity index (χ1) is 14.0. The first-order valence-corrected chi connectivity index (χ1v) is 9.80. The Morgan fingerprint density at radius 2 is 1.07 bits per heavy atom. The van der Waals surface area contributed by atoms with Crippen LogP contribution in [0.1, 0.15) is 0 Å². The molecule has 0 bridgehead atoms. The van der Waals surface area contributed by atoms with Crippen LogP contribution in [0.4, 0.5) is 22.0 Å². The van der Waals surface area contributed by atoms with Gasteiger partial charge in [0.25, 0.3) is 0 Å². The van der Waals surface area contributed by atoms with Crippen molar-refractivity contribution >= 4 is 24.1 Å². The van der Waals surface area contributed by atoms with Crippen LogP contribution < -0.4 is 16.2 Å². The zero-order valence-corrected chi connectivity index (χ0v) is 15.6. The molecule has 0 saturated carbocycles. The van der Waals surface area contributed by atoms with Gasteiger partial charge in [0.1, 0.15) is 11.3 Å². The summed E-state index contributed by atoms with van der Waals surface area (Å²) in [5, 5.41) is 1.62. The van der Waals surface area contributed by atoms with Crippen LogP contribution in [-0.4, -0.2) is 9.55 Å². The Hall–Kier alpha value is -3.05. The Bertz CT molecular complexity index is 1090. The molecule has 8 heteroatoms. The van der Waals surface area contributed by atoms with E-state index in [1.807, 2.05) is 36.4 Å². The highest BCUT2D eigenvalue weighted by Gasteiger charge is 2.30. The minimum absolute atomic E-state index is 0.181. The summed E-state index contributed by atoms with van der Waals surface area (Å²) >= 11 is 0. The Labute approximate surface area is 164 Å². The molecule has 2 nitrogen and oxygen atoms in total. The summed E-state index contributed by atoms with van der Waals surface area (Å²) in [6, 6.07) is 18.2. The van der Waals surface area contributed by atoms with Gasteiger partial charge < -0.3 is 0 Å². The van der Waals surface area contributed by atoms with Crippen LogP contribution in [0.2, 0.25) is 0 Å². The monoisotopic (exact) mass is 418 g/mol. The molecule has 0 aliphatic rings. The van der Waals surface area contributed by atoms with Gasteiger partial charge in [0, 0.05) is 20.3 Å². The van der Waals surface area contributed by atoms with Crippen molar-refractivity contribution in [3.05, 3.63) is 102 Å². The second-order valence-corrected chi connectivity index (χ2v) is 8.13. The van der Waals surface area contributed by atoms with E-state index in [9.17, 15) is 22.0 Å². The molecule has 0 aliphatic heterocycles. The Morgan fingerprint density at radius 1 is 0.621 bits per heavy atom. The lowest BCUT2D eigenvalue weighted by atomic mass is 10.2. The highest BCUT2D eigenvalue weighted by molar-refractivity contribution is 7.79. The third kappa shape index (κ3) is 3.32. The van der Waals surface area contributed by atoms with Gasteiger partial charge in [-0.1, -0.05) is 60.7 Å². The molecule has 4 rings (SSSR count). The molecule has 1 aromatic heterocycles. The minimum atomic E-state index is -2.20. The van der Waals surface area contributed by atoms with E-state index in [2.05, 4.69) is 4.98 Å². The fourth-order valence-corrected chi connectivity index (χ4v) is 5.24. The van der Waals surface area contributed by atoms with Crippen LogP contribution in [-0.2, 0) is 0 Å². The molecule has 0 saturated heterocycles. The number of hydrogen-bond acceptors (Lipinski definition) is 1. The maximum absolute atomic E-state index is 14.5. The molecule has 0 N–H and O–H groups in total. The largest absolute Gasteiger partial charge is 0.294 e. The fraction of sp³-hybridized carbons (Fsp3) is 0. The lowest BCUT2D eigenvalue weighted by molar-refractivity contribution is 0.376. The molecule has 0 unspecified atom stereocenters. The summed E-state index contributed by atoms with van der Waals surface area (Å²) < 4.78 is 70.9. The summed E-state index contributed by atoms with van der Waals surface area (Å²) in [7, 11) is -1.43. The summed E-state index contributed by atoms with van der Waals surface area (Å²) in [6.07, 6.45) is 2.46. The van der Waals surface area contributed by atoms with Crippen LogP contribution in [0.3, 0.4) is 0 Å². The number of benzene rings is 3. The Morgan fingerprint density at radius 3 is 1.55 bits per heavy atom. The quantitative estimate of drug-likeness (QED) is 0.209. The van der Waals surface area contributed by atoms with Gasteiger partial charge in [0.05, 0.1) is 0 Å². The maximum Gasteiger partial charge on any atom is 0.200 e. The average molecular weight is 418 g/mol. The first kappa shape index (κ1) is 19.3. The van der Waals surface area contributed by atoms with Crippen molar-refractivity contribution in [2.75, 3.05) is 0 Å². The van der Waals surface area contributed by atoms with Crippen molar-refractivity contribution in [2.24, 2.45) is 0 Å². The van der Waals surface area contributed by atoms with Crippen LogP contribution >= 0.6 is 7.92 Å². The normalized spacial score (nSPS) is 11.2. The van der Waals surface area contributed by atoms with Gasteiger partial charge in [-0.25, -0.2) is 26.9 Å². The zero-order chi connectivity index (χ0) is 20.5. The molecular formula is C21H12F5N2P. The standard InChI is InChI=1S/C21H12F5N2P/c22-15-16(23)18(25)20(19(26)17(15)24)28-12-11-27-21(28)29(13-7-3-1-4-8-13)14-9-5-2-6-10-14/h1-12H. The molecular weight excluding hydrogens is 406 g/mol. The van der Waals surface area contributed by atoms with Gasteiger partial charge in [-0.05, 0) is 10.6 Å².